The Balaban J connectivity index is 2.82. The van der Waals surface area contributed by atoms with Gasteiger partial charge in [-0.05, 0) is 36.7 Å². The van der Waals surface area contributed by atoms with Crippen LogP contribution < -0.4 is 10.1 Å². The van der Waals surface area contributed by atoms with Crippen LogP contribution in [0.2, 0.25) is 0 Å². The van der Waals surface area contributed by atoms with Crippen molar-refractivity contribution >= 4 is 0 Å². The Morgan fingerprint density at radius 3 is 2.41 bits per heavy atom. The Labute approximate surface area is 100 Å². The first kappa shape index (κ1) is 13.6. The maximum atomic E-state index is 13.6. The monoisotopic (exact) mass is 241 g/mol. The fourth-order valence-electron chi connectivity index (χ4n) is 1.33. The highest BCUT2D eigenvalue weighted by molar-refractivity contribution is 5.31. The standard InChI is InChI=1S/C13H17F2NO/c1-4-9(2)8-17-13-11(14)5-10(7-16-3)6-12(13)15/h5-6,16H,2,4,7-8H2,1,3H3. The fraction of sp³-hybridized carbons (Fsp3) is 0.385. The van der Waals surface area contributed by atoms with Crippen LogP contribution >= 0.6 is 0 Å². The van der Waals surface area contributed by atoms with Gasteiger partial charge in [0.05, 0.1) is 0 Å². The van der Waals surface area contributed by atoms with Gasteiger partial charge in [-0.25, -0.2) is 8.78 Å². The molecule has 0 atom stereocenters. The van der Waals surface area contributed by atoms with E-state index in [4.69, 9.17) is 4.74 Å². The second kappa shape index (κ2) is 6.35. The molecule has 0 saturated carbocycles. The summed E-state index contributed by atoms with van der Waals surface area (Å²) in [4.78, 5) is 0. The predicted molar refractivity (Wildman–Crippen MR) is 64.0 cm³/mol. The minimum Gasteiger partial charge on any atom is -0.483 e. The molecule has 1 N–H and O–H groups in total. The van der Waals surface area contributed by atoms with E-state index in [-0.39, 0.29) is 12.4 Å². The van der Waals surface area contributed by atoms with Crippen molar-refractivity contribution in [3.8, 4) is 5.75 Å². The lowest BCUT2D eigenvalue weighted by molar-refractivity contribution is 0.310. The lowest BCUT2D eigenvalue weighted by Gasteiger charge is -2.10. The van der Waals surface area contributed by atoms with Crippen molar-refractivity contribution in [2.45, 2.75) is 19.9 Å². The molecule has 0 fully saturated rings. The third-order valence-electron chi connectivity index (χ3n) is 2.36. The highest BCUT2D eigenvalue weighted by Gasteiger charge is 2.12. The molecule has 0 saturated heterocycles. The van der Waals surface area contributed by atoms with Crippen molar-refractivity contribution in [3.05, 3.63) is 41.5 Å². The van der Waals surface area contributed by atoms with Crippen LogP contribution in [0.5, 0.6) is 5.75 Å². The normalized spacial score (nSPS) is 10.4. The summed E-state index contributed by atoms with van der Waals surface area (Å²) < 4.78 is 32.2. The van der Waals surface area contributed by atoms with Crippen molar-refractivity contribution in [3.63, 3.8) is 0 Å². The fourth-order valence-corrected chi connectivity index (χ4v) is 1.33. The van der Waals surface area contributed by atoms with Crippen LogP contribution in [0.3, 0.4) is 0 Å². The van der Waals surface area contributed by atoms with Gasteiger partial charge in [-0.1, -0.05) is 13.5 Å². The van der Waals surface area contributed by atoms with Gasteiger partial charge >= 0.3 is 0 Å². The molecule has 0 radical (unpaired) electrons. The van der Waals surface area contributed by atoms with Crippen LogP contribution in [-0.2, 0) is 6.54 Å². The van der Waals surface area contributed by atoms with Gasteiger partial charge in [-0.15, -0.1) is 0 Å². The summed E-state index contributed by atoms with van der Waals surface area (Å²) in [6.07, 6.45) is 0.723. The molecule has 94 valence electrons. The van der Waals surface area contributed by atoms with Crippen LogP contribution in [-0.4, -0.2) is 13.7 Å². The Bertz CT molecular complexity index is 381. The molecule has 17 heavy (non-hydrogen) atoms. The maximum Gasteiger partial charge on any atom is 0.191 e. The third-order valence-corrected chi connectivity index (χ3v) is 2.36. The van der Waals surface area contributed by atoms with Gasteiger partial charge in [0.25, 0.3) is 0 Å². The smallest absolute Gasteiger partial charge is 0.191 e. The van der Waals surface area contributed by atoms with Gasteiger partial charge < -0.3 is 10.1 Å². The van der Waals surface area contributed by atoms with Gasteiger partial charge in [-0.3, -0.25) is 0 Å². The van der Waals surface area contributed by atoms with E-state index in [9.17, 15) is 8.78 Å². The average molecular weight is 241 g/mol. The summed E-state index contributed by atoms with van der Waals surface area (Å²) in [5, 5.41) is 2.83. The van der Waals surface area contributed by atoms with Gasteiger partial charge in [0.2, 0.25) is 0 Å². The van der Waals surface area contributed by atoms with Crippen LogP contribution in [0.15, 0.2) is 24.3 Å². The Kier molecular flexibility index (Phi) is 5.10. The van der Waals surface area contributed by atoms with E-state index < -0.39 is 11.6 Å². The van der Waals surface area contributed by atoms with E-state index in [1.165, 1.54) is 12.1 Å². The molecule has 0 bridgehead atoms. The van der Waals surface area contributed by atoms with E-state index >= 15 is 0 Å². The first-order chi connectivity index (χ1) is 8.08. The van der Waals surface area contributed by atoms with Crippen molar-refractivity contribution < 1.29 is 13.5 Å². The van der Waals surface area contributed by atoms with E-state index in [2.05, 4.69) is 11.9 Å². The zero-order valence-electron chi connectivity index (χ0n) is 10.1. The Morgan fingerprint density at radius 2 is 1.94 bits per heavy atom. The second-order valence-corrected chi connectivity index (χ2v) is 3.81. The van der Waals surface area contributed by atoms with Crippen molar-refractivity contribution in [1.82, 2.24) is 5.32 Å². The summed E-state index contributed by atoms with van der Waals surface area (Å²) in [7, 11) is 1.71. The quantitative estimate of drug-likeness (QED) is 0.773. The highest BCUT2D eigenvalue weighted by Crippen LogP contribution is 2.23. The van der Waals surface area contributed by atoms with Crippen LogP contribution in [0.25, 0.3) is 0 Å². The van der Waals surface area contributed by atoms with Crippen LogP contribution in [0.1, 0.15) is 18.9 Å². The second-order valence-electron chi connectivity index (χ2n) is 3.81. The molecule has 0 unspecified atom stereocenters. The lowest BCUT2D eigenvalue weighted by Crippen LogP contribution is -2.08. The molecule has 0 aliphatic heterocycles. The number of hydrogen-bond acceptors (Lipinski definition) is 2. The maximum absolute atomic E-state index is 13.6. The summed E-state index contributed by atoms with van der Waals surface area (Å²) in [5.41, 5.74) is 1.34. The number of nitrogens with one attached hydrogen (secondary N) is 1. The van der Waals surface area contributed by atoms with Crippen molar-refractivity contribution in [2.24, 2.45) is 0 Å². The van der Waals surface area contributed by atoms with Crippen LogP contribution in [0, 0.1) is 11.6 Å². The largest absolute Gasteiger partial charge is 0.483 e. The zero-order valence-corrected chi connectivity index (χ0v) is 10.1. The molecule has 1 aromatic rings. The van der Waals surface area contributed by atoms with Gasteiger partial charge in [0.15, 0.2) is 17.4 Å². The number of hydrogen-bond donors (Lipinski definition) is 1. The van der Waals surface area contributed by atoms with E-state index in [1.807, 2.05) is 6.92 Å². The first-order valence-electron chi connectivity index (χ1n) is 5.50. The summed E-state index contributed by atoms with van der Waals surface area (Å²) in [6, 6.07) is 2.53. The Hall–Kier alpha value is -1.42. The number of ether oxygens (including phenoxy) is 1. The average Bonchev–Trinajstić information content (AvgIpc) is 2.28. The molecular weight excluding hydrogens is 224 g/mol. The molecule has 1 aromatic carbocycles. The van der Waals surface area contributed by atoms with Crippen molar-refractivity contribution in [1.29, 1.82) is 0 Å². The molecule has 0 aliphatic carbocycles. The molecule has 2 nitrogen and oxygen atoms in total. The minimum atomic E-state index is -0.681. The number of halogens is 2. The molecule has 0 spiro atoms. The summed E-state index contributed by atoms with van der Waals surface area (Å²) in [6.45, 7) is 6.17. The topological polar surface area (TPSA) is 21.3 Å². The zero-order chi connectivity index (χ0) is 12.8. The minimum absolute atomic E-state index is 0.135. The summed E-state index contributed by atoms with van der Waals surface area (Å²) >= 11 is 0. The predicted octanol–water partition coefficient (Wildman–Crippen LogP) is 3.03. The number of rotatable bonds is 6. The van der Waals surface area contributed by atoms with E-state index in [0.29, 0.717) is 12.1 Å². The molecule has 0 amide bonds. The van der Waals surface area contributed by atoms with E-state index in [1.54, 1.807) is 7.05 Å². The molecular formula is C13H17F2NO. The molecule has 0 heterocycles. The molecule has 0 aliphatic rings. The number of benzene rings is 1. The molecule has 4 heteroatoms. The molecule has 1 rings (SSSR count). The SMILES string of the molecule is C=C(CC)COc1c(F)cc(CNC)cc1F. The van der Waals surface area contributed by atoms with Crippen molar-refractivity contribution in [2.75, 3.05) is 13.7 Å². The first-order valence-corrected chi connectivity index (χ1v) is 5.50. The van der Waals surface area contributed by atoms with Gasteiger partial charge in [-0.2, -0.15) is 0 Å². The van der Waals surface area contributed by atoms with Gasteiger partial charge in [0.1, 0.15) is 6.61 Å². The Morgan fingerprint density at radius 1 is 1.35 bits per heavy atom. The summed E-state index contributed by atoms with van der Waals surface area (Å²) in [5.74, 6) is -1.70. The van der Waals surface area contributed by atoms with Crippen LogP contribution in [0.4, 0.5) is 8.78 Å². The third kappa shape index (κ3) is 3.82. The van der Waals surface area contributed by atoms with Gasteiger partial charge in [0, 0.05) is 6.54 Å². The lowest BCUT2D eigenvalue weighted by atomic mass is 10.2. The van der Waals surface area contributed by atoms with E-state index in [0.717, 1.165) is 12.0 Å². The molecule has 0 aromatic heterocycles. The highest BCUT2D eigenvalue weighted by atomic mass is 19.1.